The first-order valence-electron chi connectivity index (χ1n) is 7.61. The van der Waals surface area contributed by atoms with Crippen molar-refractivity contribution >= 4 is 5.57 Å². The van der Waals surface area contributed by atoms with Gasteiger partial charge < -0.3 is 0 Å². The number of allylic oxidation sites excluding steroid dienone is 4. The van der Waals surface area contributed by atoms with E-state index in [4.69, 9.17) is 0 Å². The molecule has 0 spiro atoms. The molecule has 3 rings (SSSR count). The Bertz CT molecular complexity index is 896. The average Bonchev–Trinajstić information content (AvgIpc) is 2.67. The minimum atomic E-state index is 0.645. The molecule has 116 valence electrons. The lowest BCUT2D eigenvalue weighted by Gasteiger charge is -2.06. The molecule has 3 nitrogen and oxygen atoms in total. The van der Waals surface area contributed by atoms with Gasteiger partial charge in [0.15, 0.2) is 11.6 Å². The second kappa shape index (κ2) is 7.29. The maximum absolute atomic E-state index is 4.59. The molecule has 0 saturated heterocycles. The average molecular weight is 311 g/mol. The van der Waals surface area contributed by atoms with Crippen molar-refractivity contribution in [3.63, 3.8) is 0 Å². The van der Waals surface area contributed by atoms with Crippen molar-refractivity contribution in [2.75, 3.05) is 0 Å². The van der Waals surface area contributed by atoms with E-state index >= 15 is 0 Å². The highest BCUT2D eigenvalue weighted by molar-refractivity contribution is 5.75. The van der Waals surface area contributed by atoms with Crippen molar-refractivity contribution in [1.29, 1.82) is 0 Å². The van der Waals surface area contributed by atoms with Crippen molar-refractivity contribution < 1.29 is 0 Å². The SMILES string of the molecule is C=C/C=C\C(=C)c1cccc(-c2ncnc(-c3ccccc3)n2)c1. The first kappa shape index (κ1) is 15.6. The van der Waals surface area contributed by atoms with Crippen LogP contribution in [0, 0.1) is 0 Å². The second-order valence-electron chi connectivity index (χ2n) is 5.20. The van der Waals surface area contributed by atoms with E-state index in [9.17, 15) is 0 Å². The zero-order valence-electron chi connectivity index (χ0n) is 13.3. The fraction of sp³-hybridized carbons (Fsp3) is 0. The van der Waals surface area contributed by atoms with Gasteiger partial charge in [-0.15, -0.1) is 0 Å². The third-order valence-corrected chi connectivity index (χ3v) is 3.53. The van der Waals surface area contributed by atoms with Crippen LogP contribution in [0.1, 0.15) is 5.56 Å². The van der Waals surface area contributed by atoms with Gasteiger partial charge in [-0.3, -0.25) is 0 Å². The van der Waals surface area contributed by atoms with Crippen molar-refractivity contribution in [2.24, 2.45) is 0 Å². The molecule has 0 atom stereocenters. The summed E-state index contributed by atoms with van der Waals surface area (Å²) in [5.74, 6) is 1.31. The van der Waals surface area contributed by atoms with Gasteiger partial charge in [-0.25, -0.2) is 15.0 Å². The lowest BCUT2D eigenvalue weighted by molar-refractivity contribution is 1.06. The molecule has 3 aromatic rings. The molecule has 0 unspecified atom stereocenters. The molecule has 0 radical (unpaired) electrons. The fourth-order valence-electron chi connectivity index (χ4n) is 2.30. The molecule has 1 aromatic heterocycles. The van der Waals surface area contributed by atoms with Crippen LogP contribution in [0.4, 0.5) is 0 Å². The zero-order chi connectivity index (χ0) is 16.8. The normalized spacial score (nSPS) is 10.7. The number of nitrogens with zero attached hydrogens (tertiary/aromatic N) is 3. The van der Waals surface area contributed by atoms with Crippen LogP contribution < -0.4 is 0 Å². The van der Waals surface area contributed by atoms with Crippen molar-refractivity contribution in [1.82, 2.24) is 15.0 Å². The molecule has 0 fully saturated rings. The Morgan fingerprint density at radius 3 is 2.33 bits per heavy atom. The lowest BCUT2D eigenvalue weighted by Crippen LogP contribution is -1.95. The highest BCUT2D eigenvalue weighted by atomic mass is 15.0. The summed E-state index contributed by atoms with van der Waals surface area (Å²) in [6.45, 7) is 7.75. The Labute approximate surface area is 141 Å². The zero-order valence-corrected chi connectivity index (χ0v) is 13.3. The van der Waals surface area contributed by atoms with Crippen LogP contribution in [-0.4, -0.2) is 15.0 Å². The van der Waals surface area contributed by atoms with Crippen molar-refractivity contribution in [2.45, 2.75) is 0 Å². The highest BCUT2D eigenvalue weighted by Crippen LogP contribution is 2.22. The van der Waals surface area contributed by atoms with Gasteiger partial charge in [0.1, 0.15) is 6.33 Å². The van der Waals surface area contributed by atoms with Gasteiger partial charge in [-0.1, -0.05) is 79.9 Å². The summed E-state index contributed by atoms with van der Waals surface area (Å²) >= 11 is 0. The first-order valence-corrected chi connectivity index (χ1v) is 7.61. The maximum atomic E-state index is 4.59. The van der Waals surface area contributed by atoms with Crippen molar-refractivity contribution in [3.8, 4) is 22.8 Å². The Morgan fingerprint density at radius 1 is 0.875 bits per heavy atom. The summed E-state index contributed by atoms with van der Waals surface area (Å²) in [6, 6.07) is 17.9. The molecule has 0 aliphatic carbocycles. The highest BCUT2D eigenvalue weighted by Gasteiger charge is 2.07. The predicted molar refractivity (Wildman–Crippen MR) is 99.1 cm³/mol. The van der Waals surface area contributed by atoms with Crippen LogP contribution in [0.15, 0.2) is 92.3 Å². The smallest absolute Gasteiger partial charge is 0.163 e. The standard InChI is InChI=1S/C21H17N3/c1-3-4-9-16(2)18-12-8-13-19(14-18)21-23-15-22-20(24-21)17-10-6-5-7-11-17/h3-15H,1-2H2/b9-4-. The molecule has 0 bridgehead atoms. The summed E-state index contributed by atoms with van der Waals surface area (Å²) in [4.78, 5) is 13.2. The van der Waals surface area contributed by atoms with Crippen molar-refractivity contribution in [3.05, 3.63) is 97.9 Å². The number of benzene rings is 2. The van der Waals surface area contributed by atoms with Gasteiger partial charge >= 0.3 is 0 Å². The molecule has 0 N–H and O–H groups in total. The van der Waals surface area contributed by atoms with Crippen LogP contribution in [-0.2, 0) is 0 Å². The monoisotopic (exact) mass is 311 g/mol. The topological polar surface area (TPSA) is 38.7 Å². The van der Waals surface area contributed by atoms with Crippen LogP contribution in [0.2, 0.25) is 0 Å². The van der Waals surface area contributed by atoms with E-state index in [1.54, 1.807) is 12.4 Å². The van der Waals surface area contributed by atoms with E-state index in [0.29, 0.717) is 11.6 Å². The number of hydrogen-bond acceptors (Lipinski definition) is 3. The maximum Gasteiger partial charge on any atom is 0.163 e. The second-order valence-corrected chi connectivity index (χ2v) is 5.20. The van der Waals surface area contributed by atoms with Gasteiger partial charge in [0.2, 0.25) is 0 Å². The van der Waals surface area contributed by atoms with Gasteiger partial charge in [0, 0.05) is 11.1 Å². The Kier molecular flexibility index (Phi) is 4.73. The van der Waals surface area contributed by atoms with E-state index < -0.39 is 0 Å². The lowest BCUT2D eigenvalue weighted by atomic mass is 10.0. The van der Waals surface area contributed by atoms with E-state index in [1.807, 2.05) is 66.7 Å². The molecule has 1 heterocycles. The number of aromatic nitrogens is 3. The summed E-state index contributed by atoms with van der Waals surface area (Å²) < 4.78 is 0. The molecule has 0 aliphatic rings. The summed E-state index contributed by atoms with van der Waals surface area (Å²) in [7, 11) is 0. The Morgan fingerprint density at radius 2 is 1.58 bits per heavy atom. The third kappa shape index (κ3) is 3.52. The van der Waals surface area contributed by atoms with Crippen LogP contribution in [0.25, 0.3) is 28.3 Å². The predicted octanol–water partition coefficient (Wildman–Crippen LogP) is 4.96. The number of hydrogen-bond donors (Lipinski definition) is 0. The van der Waals surface area contributed by atoms with Gasteiger partial charge in [0.05, 0.1) is 0 Å². The van der Waals surface area contributed by atoms with Crippen LogP contribution >= 0.6 is 0 Å². The van der Waals surface area contributed by atoms with E-state index in [2.05, 4.69) is 28.1 Å². The van der Waals surface area contributed by atoms with Crippen LogP contribution in [0.5, 0.6) is 0 Å². The molecule has 0 amide bonds. The summed E-state index contributed by atoms with van der Waals surface area (Å²) in [5, 5.41) is 0. The summed E-state index contributed by atoms with van der Waals surface area (Å²) in [6.07, 6.45) is 7.07. The van der Waals surface area contributed by atoms with Gasteiger partial charge in [0.25, 0.3) is 0 Å². The largest absolute Gasteiger partial charge is 0.217 e. The van der Waals surface area contributed by atoms with Gasteiger partial charge in [-0.2, -0.15) is 0 Å². The molecule has 24 heavy (non-hydrogen) atoms. The number of rotatable bonds is 5. The van der Waals surface area contributed by atoms with Gasteiger partial charge in [-0.05, 0) is 17.2 Å². The minimum absolute atomic E-state index is 0.645. The summed E-state index contributed by atoms with van der Waals surface area (Å²) in [5.41, 5.74) is 3.83. The van der Waals surface area contributed by atoms with E-state index in [1.165, 1.54) is 0 Å². The first-order chi connectivity index (χ1) is 11.8. The fourth-order valence-corrected chi connectivity index (χ4v) is 2.30. The molecule has 0 saturated carbocycles. The Hall–Kier alpha value is -3.33. The molecular weight excluding hydrogens is 294 g/mol. The molecule has 2 aromatic carbocycles. The Balaban J connectivity index is 1.97. The molecular formula is C21H17N3. The third-order valence-electron chi connectivity index (χ3n) is 3.53. The molecule has 3 heteroatoms. The molecule has 0 aliphatic heterocycles. The minimum Gasteiger partial charge on any atom is -0.217 e. The van der Waals surface area contributed by atoms with Crippen LogP contribution in [0.3, 0.4) is 0 Å². The van der Waals surface area contributed by atoms with E-state index in [-0.39, 0.29) is 0 Å². The quantitative estimate of drug-likeness (QED) is 0.625. The van der Waals surface area contributed by atoms with E-state index in [0.717, 1.165) is 22.3 Å².